The molecule has 0 aliphatic heterocycles. The van der Waals surface area contributed by atoms with Crippen molar-refractivity contribution in [1.29, 1.82) is 0 Å². The second kappa shape index (κ2) is 6.41. The van der Waals surface area contributed by atoms with E-state index in [1.807, 2.05) is 17.6 Å². The van der Waals surface area contributed by atoms with Crippen LogP contribution < -0.4 is 5.32 Å². The second-order valence-electron chi connectivity index (χ2n) is 3.93. The number of halogens is 2. The van der Waals surface area contributed by atoms with Crippen LogP contribution in [0.3, 0.4) is 0 Å². The smallest absolute Gasteiger partial charge is 0.137 e. The summed E-state index contributed by atoms with van der Waals surface area (Å²) in [5.74, 6) is -0.225. The quantitative estimate of drug-likeness (QED) is 0.885. The van der Waals surface area contributed by atoms with Crippen LogP contribution in [0.2, 0.25) is 0 Å². The molecule has 0 bridgehead atoms. The summed E-state index contributed by atoms with van der Waals surface area (Å²) >= 11 is 4.91. The van der Waals surface area contributed by atoms with Crippen molar-refractivity contribution in [2.75, 3.05) is 0 Å². The van der Waals surface area contributed by atoms with Crippen LogP contribution >= 0.6 is 27.3 Å². The Labute approximate surface area is 118 Å². The molecule has 5 heteroatoms. The van der Waals surface area contributed by atoms with Crippen LogP contribution in [-0.4, -0.2) is 4.98 Å². The van der Waals surface area contributed by atoms with E-state index in [0.717, 1.165) is 17.0 Å². The lowest BCUT2D eigenvalue weighted by atomic mass is 10.2. The van der Waals surface area contributed by atoms with Gasteiger partial charge in [-0.15, -0.1) is 11.3 Å². The molecule has 0 amide bonds. The molecule has 96 valence electrons. The second-order valence-corrected chi connectivity index (χ2v) is 5.64. The van der Waals surface area contributed by atoms with E-state index >= 15 is 0 Å². The molecule has 0 radical (unpaired) electrons. The van der Waals surface area contributed by atoms with E-state index in [1.54, 1.807) is 17.4 Å². The molecule has 1 aromatic carbocycles. The monoisotopic (exact) mass is 328 g/mol. The van der Waals surface area contributed by atoms with Crippen molar-refractivity contribution >= 4 is 27.3 Å². The SMILES string of the molecule is CCC(NCc1cccc(F)c1Br)c1nccs1. The molecule has 1 aromatic heterocycles. The molecule has 1 heterocycles. The first kappa shape index (κ1) is 13.6. The Bertz CT molecular complexity index is 502. The average molecular weight is 329 g/mol. The van der Waals surface area contributed by atoms with Gasteiger partial charge in [-0.05, 0) is 34.0 Å². The minimum Gasteiger partial charge on any atom is -0.304 e. The highest BCUT2D eigenvalue weighted by atomic mass is 79.9. The fourth-order valence-corrected chi connectivity index (χ4v) is 2.93. The van der Waals surface area contributed by atoms with Gasteiger partial charge in [-0.3, -0.25) is 0 Å². The topological polar surface area (TPSA) is 24.9 Å². The van der Waals surface area contributed by atoms with Gasteiger partial charge in [-0.1, -0.05) is 19.1 Å². The van der Waals surface area contributed by atoms with Gasteiger partial charge in [0.05, 0.1) is 10.5 Å². The van der Waals surface area contributed by atoms with Crippen molar-refractivity contribution in [3.05, 3.63) is 50.6 Å². The van der Waals surface area contributed by atoms with Gasteiger partial charge in [0.15, 0.2) is 0 Å². The predicted molar refractivity (Wildman–Crippen MR) is 76.1 cm³/mol. The molecule has 0 aliphatic rings. The average Bonchev–Trinajstić information content (AvgIpc) is 2.89. The molecular formula is C13H14BrFN2S. The van der Waals surface area contributed by atoms with E-state index in [2.05, 4.69) is 33.2 Å². The summed E-state index contributed by atoms with van der Waals surface area (Å²) in [7, 11) is 0. The fraction of sp³-hybridized carbons (Fsp3) is 0.308. The van der Waals surface area contributed by atoms with Gasteiger partial charge in [0, 0.05) is 18.1 Å². The van der Waals surface area contributed by atoms with Crippen LogP contribution in [0, 0.1) is 5.82 Å². The lowest BCUT2D eigenvalue weighted by Gasteiger charge is -2.15. The highest BCUT2D eigenvalue weighted by molar-refractivity contribution is 9.10. The Morgan fingerprint density at radius 3 is 3.00 bits per heavy atom. The molecule has 0 saturated heterocycles. The van der Waals surface area contributed by atoms with Gasteiger partial charge >= 0.3 is 0 Å². The number of hydrogen-bond donors (Lipinski definition) is 1. The first-order chi connectivity index (χ1) is 8.72. The summed E-state index contributed by atoms with van der Waals surface area (Å²) in [6.07, 6.45) is 2.77. The molecule has 1 atom stereocenters. The molecule has 0 spiro atoms. The Hall–Kier alpha value is -0.780. The van der Waals surface area contributed by atoms with Gasteiger partial charge in [0.2, 0.25) is 0 Å². The maximum absolute atomic E-state index is 13.4. The number of nitrogens with zero attached hydrogens (tertiary/aromatic N) is 1. The molecule has 1 unspecified atom stereocenters. The van der Waals surface area contributed by atoms with E-state index in [-0.39, 0.29) is 11.9 Å². The normalized spacial score (nSPS) is 12.6. The summed E-state index contributed by atoms with van der Waals surface area (Å²) in [6.45, 7) is 2.73. The van der Waals surface area contributed by atoms with Crippen LogP contribution in [0.1, 0.15) is 30.0 Å². The minimum absolute atomic E-state index is 0.222. The number of hydrogen-bond acceptors (Lipinski definition) is 3. The Morgan fingerprint density at radius 1 is 1.50 bits per heavy atom. The van der Waals surface area contributed by atoms with Crippen molar-refractivity contribution in [3.8, 4) is 0 Å². The van der Waals surface area contributed by atoms with E-state index in [1.165, 1.54) is 6.07 Å². The zero-order valence-corrected chi connectivity index (χ0v) is 12.4. The van der Waals surface area contributed by atoms with E-state index in [9.17, 15) is 4.39 Å². The molecular weight excluding hydrogens is 315 g/mol. The summed E-state index contributed by atoms with van der Waals surface area (Å²) in [6, 6.07) is 5.31. The molecule has 2 aromatic rings. The zero-order chi connectivity index (χ0) is 13.0. The first-order valence-corrected chi connectivity index (χ1v) is 7.45. The van der Waals surface area contributed by atoms with Gasteiger partial charge in [0.1, 0.15) is 10.8 Å². The van der Waals surface area contributed by atoms with Crippen LogP contribution in [-0.2, 0) is 6.54 Å². The van der Waals surface area contributed by atoms with Gasteiger partial charge in [-0.2, -0.15) is 0 Å². The van der Waals surface area contributed by atoms with Crippen LogP contribution in [0.15, 0.2) is 34.2 Å². The largest absolute Gasteiger partial charge is 0.304 e. The highest BCUT2D eigenvalue weighted by Gasteiger charge is 2.12. The van der Waals surface area contributed by atoms with Crippen molar-refractivity contribution < 1.29 is 4.39 Å². The predicted octanol–water partition coefficient (Wildman–Crippen LogP) is 4.29. The number of thiazole rings is 1. The zero-order valence-electron chi connectivity index (χ0n) is 9.99. The lowest BCUT2D eigenvalue weighted by molar-refractivity contribution is 0.513. The Balaban J connectivity index is 2.04. The number of nitrogens with one attached hydrogen (secondary N) is 1. The van der Waals surface area contributed by atoms with Crippen molar-refractivity contribution in [2.45, 2.75) is 25.9 Å². The molecule has 1 N–H and O–H groups in total. The van der Waals surface area contributed by atoms with E-state index < -0.39 is 0 Å². The third-order valence-corrected chi connectivity index (χ3v) is 4.51. The molecule has 18 heavy (non-hydrogen) atoms. The summed E-state index contributed by atoms with van der Waals surface area (Å²) in [5, 5.41) is 6.45. The molecule has 0 fully saturated rings. The number of benzene rings is 1. The van der Waals surface area contributed by atoms with Gasteiger partial charge in [0.25, 0.3) is 0 Å². The maximum atomic E-state index is 13.4. The Kier molecular flexibility index (Phi) is 4.86. The minimum atomic E-state index is -0.225. The molecule has 0 aliphatic carbocycles. The fourth-order valence-electron chi connectivity index (χ4n) is 1.73. The summed E-state index contributed by atoms with van der Waals surface area (Å²) in [5.41, 5.74) is 0.921. The first-order valence-electron chi connectivity index (χ1n) is 5.78. The summed E-state index contributed by atoms with van der Waals surface area (Å²) < 4.78 is 13.9. The molecule has 0 saturated carbocycles. The maximum Gasteiger partial charge on any atom is 0.137 e. The standard InChI is InChI=1S/C13H14BrFN2S/c1-2-11(13-16-6-7-18-13)17-8-9-4-3-5-10(15)12(9)14/h3-7,11,17H,2,8H2,1H3. The van der Waals surface area contributed by atoms with Crippen LogP contribution in [0.5, 0.6) is 0 Å². The highest BCUT2D eigenvalue weighted by Crippen LogP contribution is 2.23. The van der Waals surface area contributed by atoms with Crippen molar-refractivity contribution in [3.63, 3.8) is 0 Å². The van der Waals surface area contributed by atoms with Gasteiger partial charge in [-0.25, -0.2) is 9.37 Å². The van der Waals surface area contributed by atoms with Gasteiger partial charge < -0.3 is 5.32 Å². The molecule has 2 rings (SSSR count). The molecule has 2 nitrogen and oxygen atoms in total. The van der Waals surface area contributed by atoms with E-state index in [0.29, 0.717) is 11.0 Å². The summed E-state index contributed by atoms with van der Waals surface area (Å²) in [4.78, 5) is 4.31. The Morgan fingerprint density at radius 2 is 2.33 bits per heavy atom. The van der Waals surface area contributed by atoms with Crippen LogP contribution in [0.25, 0.3) is 0 Å². The third-order valence-electron chi connectivity index (χ3n) is 2.73. The van der Waals surface area contributed by atoms with Crippen LogP contribution in [0.4, 0.5) is 4.39 Å². The third kappa shape index (κ3) is 3.16. The lowest BCUT2D eigenvalue weighted by Crippen LogP contribution is -2.20. The number of rotatable bonds is 5. The van der Waals surface area contributed by atoms with E-state index in [4.69, 9.17) is 0 Å². The van der Waals surface area contributed by atoms with Crippen molar-refractivity contribution in [1.82, 2.24) is 10.3 Å². The van der Waals surface area contributed by atoms with Crippen molar-refractivity contribution in [2.24, 2.45) is 0 Å². The number of aromatic nitrogens is 1.